The van der Waals surface area contributed by atoms with Gasteiger partial charge in [0.05, 0.1) is 0 Å². The summed E-state index contributed by atoms with van der Waals surface area (Å²) in [5.41, 5.74) is 1.44. The second-order valence-corrected chi connectivity index (χ2v) is 16.1. The number of rotatable bonds is 7. The second kappa shape index (κ2) is 13.1. The van der Waals surface area contributed by atoms with Gasteiger partial charge in [0, 0.05) is 21.2 Å². The molecule has 0 saturated carbocycles. The second-order valence-electron chi connectivity index (χ2n) is 8.87. The first-order valence-electron chi connectivity index (χ1n) is 11.6. The summed E-state index contributed by atoms with van der Waals surface area (Å²) in [6.45, 7) is 14.0. The van der Waals surface area contributed by atoms with Gasteiger partial charge in [-0.05, 0) is 32.4 Å². The smallest absolute Gasteiger partial charge is 0.433 e. The third kappa shape index (κ3) is 7.04. The molecule has 0 aliphatic carbocycles. The van der Waals surface area contributed by atoms with Crippen LogP contribution in [0.1, 0.15) is 13.8 Å². The summed E-state index contributed by atoms with van der Waals surface area (Å²) in [5.74, 6) is 0. The van der Waals surface area contributed by atoms with Gasteiger partial charge in [-0.2, -0.15) is 35.5 Å². The molecule has 0 spiro atoms. The summed E-state index contributed by atoms with van der Waals surface area (Å²) in [4.78, 5) is 2.53. The molecular weight excluding hydrogens is 477 g/mol. The molecule has 0 bridgehead atoms. The molecule has 0 aliphatic rings. The van der Waals surface area contributed by atoms with Crippen LogP contribution in [0, 0.1) is 0 Å². The van der Waals surface area contributed by atoms with E-state index in [0.717, 1.165) is 13.1 Å². The predicted molar refractivity (Wildman–Crippen MR) is 149 cm³/mol. The van der Waals surface area contributed by atoms with Crippen molar-refractivity contribution >= 4 is 42.8 Å². The molecule has 0 fully saturated rings. The third-order valence-corrected chi connectivity index (χ3v) is 10.4. The molecule has 0 N–H and O–H groups in total. The van der Waals surface area contributed by atoms with E-state index in [9.17, 15) is 0 Å². The zero-order chi connectivity index (χ0) is 23.0. The molecule has 0 heterocycles. The largest absolute Gasteiger partial charge is 2.00 e. The van der Waals surface area contributed by atoms with Crippen molar-refractivity contribution in [3.8, 4) is 0 Å². The van der Waals surface area contributed by atoms with Crippen LogP contribution in [0.15, 0.2) is 103 Å². The first-order valence-corrected chi connectivity index (χ1v) is 16.4. The van der Waals surface area contributed by atoms with Crippen LogP contribution < -0.4 is 26.0 Å². The standard InChI is InChI=1S/C24H31NPSi.C5H5.Fe/c1-6-25(7-2)22-18-19-23(27(3,4)5)24(22)26(20-14-10-8-11-15-20)21-16-12-9-13-17-21;1-2-4-5-3-1;/h8-19H,6-7H2,1-5H3;1-5H;/q2*-1;+2. The van der Waals surface area contributed by atoms with Gasteiger partial charge in [-0.1, -0.05) is 80.3 Å². The molecule has 0 aliphatic heterocycles. The average molecular weight is 514 g/mol. The molecule has 4 aromatic carbocycles. The summed E-state index contributed by atoms with van der Waals surface area (Å²) in [5, 5.41) is 6.09. The Bertz CT molecular complexity index is 976. The van der Waals surface area contributed by atoms with Gasteiger partial charge < -0.3 is 4.90 Å². The quantitative estimate of drug-likeness (QED) is 0.168. The molecule has 0 amide bonds. The Labute approximate surface area is 213 Å². The maximum Gasteiger partial charge on any atom is 2.00 e. The van der Waals surface area contributed by atoms with Crippen LogP contribution >= 0.6 is 7.92 Å². The molecule has 174 valence electrons. The van der Waals surface area contributed by atoms with Gasteiger partial charge in [0.1, 0.15) is 0 Å². The van der Waals surface area contributed by atoms with E-state index in [2.05, 4.69) is 111 Å². The molecule has 33 heavy (non-hydrogen) atoms. The first-order chi connectivity index (χ1) is 15.5. The fourth-order valence-electron chi connectivity index (χ4n) is 4.00. The van der Waals surface area contributed by atoms with E-state index in [1.54, 1.807) is 10.5 Å². The van der Waals surface area contributed by atoms with E-state index < -0.39 is 16.0 Å². The number of nitrogens with zero attached hydrogens (tertiary/aromatic N) is 1. The van der Waals surface area contributed by atoms with Crippen molar-refractivity contribution in [2.24, 2.45) is 0 Å². The normalized spacial score (nSPS) is 10.8. The molecule has 4 aromatic rings. The van der Waals surface area contributed by atoms with Gasteiger partial charge in [0.2, 0.25) is 0 Å². The van der Waals surface area contributed by atoms with E-state index in [4.69, 9.17) is 0 Å². The van der Waals surface area contributed by atoms with Gasteiger partial charge >= 0.3 is 17.1 Å². The molecular formula is C29H36FeNPSi. The predicted octanol–water partition coefficient (Wildman–Crippen LogP) is 5.96. The average Bonchev–Trinajstić information content (AvgIpc) is 3.51. The summed E-state index contributed by atoms with van der Waals surface area (Å²) in [7, 11) is -2.03. The molecule has 0 radical (unpaired) electrons. The monoisotopic (exact) mass is 513 g/mol. The van der Waals surface area contributed by atoms with Crippen LogP contribution in [0.5, 0.6) is 0 Å². The van der Waals surface area contributed by atoms with Crippen molar-refractivity contribution in [1.29, 1.82) is 0 Å². The minimum atomic E-state index is -1.47. The minimum absolute atomic E-state index is 0. The number of hydrogen-bond donors (Lipinski definition) is 0. The zero-order valence-corrected chi connectivity index (χ0v) is 23.5. The molecule has 0 saturated heterocycles. The Morgan fingerprint density at radius 1 is 0.758 bits per heavy atom. The Balaban J connectivity index is 0.000000568. The summed E-state index contributed by atoms with van der Waals surface area (Å²) >= 11 is 0. The summed E-state index contributed by atoms with van der Waals surface area (Å²) in [6.07, 6.45) is 0. The zero-order valence-electron chi connectivity index (χ0n) is 20.5. The number of benzene rings is 2. The van der Waals surface area contributed by atoms with Crippen molar-refractivity contribution in [3.63, 3.8) is 0 Å². The van der Waals surface area contributed by atoms with E-state index in [1.807, 2.05) is 30.3 Å². The summed E-state index contributed by atoms with van der Waals surface area (Å²) in [6, 6.07) is 37.0. The van der Waals surface area contributed by atoms with E-state index in [1.165, 1.54) is 16.3 Å². The van der Waals surface area contributed by atoms with Gasteiger partial charge in [-0.15, -0.1) is 11.0 Å². The van der Waals surface area contributed by atoms with E-state index in [-0.39, 0.29) is 17.1 Å². The number of hydrogen-bond acceptors (Lipinski definition) is 1. The van der Waals surface area contributed by atoms with Gasteiger partial charge in [-0.25, -0.2) is 12.1 Å². The van der Waals surface area contributed by atoms with E-state index in [0.29, 0.717) is 0 Å². The van der Waals surface area contributed by atoms with Crippen LogP contribution in [0.25, 0.3) is 0 Å². The fraction of sp³-hybridized carbons (Fsp3) is 0.241. The topological polar surface area (TPSA) is 3.24 Å². The van der Waals surface area contributed by atoms with Crippen molar-refractivity contribution in [1.82, 2.24) is 0 Å². The maximum atomic E-state index is 2.53. The Hall–Kier alpha value is -1.89. The Kier molecular flexibility index (Phi) is 10.9. The molecule has 0 aromatic heterocycles. The Morgan fingerprint density at radius 2 is 1.24 bits per heavy atom. The van der Waals surface area contributed by atoms with Crippen LogP contribution in [-0.4, -0.2) is 21.2 Å². The molecule has 0 atom stereocenters. The van der Waals surface area contributed by atoms with Crippen molar-refractivity contribution in [2.75, 3.05) is 18.0 Å². The third-order valence-electron chi connectivity index (χ3n) is 5.63. The molecule has 4 heteroatoms. The Morgan fingerprint density at radius 3 is 1.61 bits per heavy atom. The minimum Gasteiger partial charge on any atom is -0.433 e. The molecule has 4 rings (SSSR count). The summed E-state index contributed by atoms with van der Waals surface area (Å²) < 4.78 is 0. The van der Waals surface area contributed by atoms with Gasteiger partial charge in [0.25, 0.3) is 0 Å². The fourth-order valence-corrected chi connectivity index (χ4v) is 9.28. The number of anilines is 1. The van der Waals surface area contributed by atoms with Crippen molar-refractivity contribution < 1.29 is 17.1 Å². The molecule has 0 unspecified atom stereocenters. The van der Waals surface area contributed by atoms with Crippen LogP contribution in [0.2, 0.25) is 19.6 Å². The maximum absolute atomic E-state index is 2.53. The van der Waals surface area contributed by atoms with Crippen molar-refractivity contribution in [2.45, 2.75) is 33.5 Å². The van der Waals surface area contributed by atoms with Crippen LogP contribution in [-0.2, 0) is 17.1 Å². The van der Waals surface area contributed by atoms with Crippen molar-refractivity contribution in [3.05, 3.63) is 103 Å². The molecule has 1 nitrogen and oxygen atoms in total. The van der Waals surface area contributed by atoms with Gasteiger partial charge in [0.15, 0.2) is 0 Å². The first kappa shape index (κ1) is 27.4. The van der Waals surface area contributed by atoms with Crippen LogP contribution in [0.4, 0.5) is 5.69 Å². The SMILES string of the molecule is CCN(CC)c1cc[c-]([Si](C)(C)C)c1P(c1ccccc1)c1ccccc1.[Fe+2].c1cc[cH-]c1. The van der Waals surface area contributed by atoms with Gasteiger partial charge in [-0.3, -0.25) is 0 Å². The van der Waals surface area contributed by atoms with Crippen LogP contribution in [0.3, 0.4) is 0 Å². The van der Waals surface area contributed by atoms with E-state index >= 15 is 0 Å².